The van der Waals surface area contributed by atoms with E-state index in [1.165, 1.54) is 32.2 Å². The molecular weight excluding hydrogens is 480 g/mol. The lowest BCUT2D eigenvalue weighted by Gasteiger charge is -2.22. The maximum absolute atomic E-state index is 12.9. The third-order valence-electron chi connectivity index (χ3n) is 4.73. The monoisotopic (exact) mass is 502 g/mol. The van der Waals surface area contributed by atoms with Gasteiger partial charge in [-0.1, -0.05) is 35.9 Å². The summed E-state index contributed by atoms with van der Waals surface area (Å²) in [7, 11) is -2.33. The number of para-hydroxylation sites is 2. The number of sulfonamides is 1. The fourth-order valence-corrected chi connectivity index (χ4v) is 4.13. The summed E-state index contributed by atoms with van der Waals surface area (Å²) in [5.74, 6) is 0.333. The highest BCUT2D eigenvalue weighted by atomic mass is 35.5. The van der Waals surface area contributed by atoms with Crippen LogP contribution in [0.3, 0.4) is 0 Å². The summed E-state index contributed by atoms with van der Waals surface area (Å²) in [6.07, 6.45) is 0.982. The number of ketones is 1. The predicted molar refractivity (Wildman–Crippen MR) is 132 cm³/mol. The number of anilines is 2. The normalized spacial score (nSPS) is 10.9. The van der Waals surface area contributed by atoms with Crippen molar-refractivity contribution in [2.75, 3.05) is 29.5 Å². The molecule has 0 aromatic heterocycles. The van der Waals surface area contributed by atoms with E-state index in [1.807, 2.05) is 0 Å². The van der Waals surface area contributed by atoms with Gasteiger partial charge in [0, 0.05) is 10.6 Å². The van der Waals surface area contributed by atoms with Gasteiger partial charge in [0.1, 0.15) is 6.54 Å². The number of halogens is 1. The van der Waals surface area contributed by atoms with E-state index < -0.39 is 22.5 Å². The van der Waals surface area contributed by atoms with Crippen LogP contribution in [0, 0.1) is 0 Å². The number of methoxy groups -OCH3 is 1. The van der Waals surface area contributed by atoms with Crippen LogP contribution >= 0.6 is 11.6 Å². The van der Waals surface area contributed by atoms with Gasteiger partial charge >= 0.3 is 0 Å². The Balaban J connectivity index is 1.87. The van der Waals surface area contributed by atoms with Crippen LogP contribution in [-0.4, -0.2) is 40.0 Å². The summed E-state index contributed by atoms with van der Waals surface area (Å²) in [5.41, 5.74) is 0.769. The van der Waals surface area contributed by atoms with E-state index in [0.29, 0.717) is 22.1 Å². The van der Waals surface area contributed by atoms with Crippen molar-refractivity contribution in [3.8, 4) is 17.2 Å². The number of amides is 1. The van der Waals surface area contributed by atoms with Gasteiger partial charge in [0.2, 0.25) is 15.9 Å². The molecule has 0 unspecified atom stereocenters. The number of nitrogens with one attached hydrogen (secondary N) is 1. The fraction of sp³-hybridized carbons (Fsp3) is 0.167. The minimum atomic E-state index is -3.84. The molecule has 0 saturated heterocycles. The van der Waals surface area contributed by atoms with Gasteiger partial charge in [-0.15, -0.1) is 0 Å². The zero-order chi connectivity index (χ0) is 24.9. The average Bonchev–Trinajstić information content (AvgIpc) is 2.79. The number of hydrogen-bond acceptors (Lipinski definition) is 6. The number of Topliss-reactive ketones (excluding diaryl/α,β-unsaturated/α-hetero) is 1. The van der Waals surface area contributed by atoms with Crippen molar-refractivity contribution in [1.82, 2.24) is 0 Å². The number of carbonyl (C=O) groups excluding carboxylic acids is 2. The third kappa shape index (κ3) is 6.27. The van der Waals surface area contributed by atoms with Crippen molar-refractivity contribution >= 4 is 44.7 Å². The smallest absolute Gasteiger partial charge is 0.245 e. The van der Waals surface area contributed by atoms with Gasteiger partial charge in [-0.3, -0.25) is 13.9 Å². The molecule has 34 heavy (non-hydrogen) atoms. The van der Waals surface area contributed by atoms with E-state index >= 15 is 0 Å². The van der Waals surface area contributed by atoms with Gasteiger partial charge in [0.15, 0.2) is 23.0 Å². The van der Waals surface area contributed by atoms with Crippen LogP contribution in [0.4, 0.5) is 11.4 Å². The van der Waals surface area contributed by atoms with E-state index in [9.17, 15) is 18.0 Å². The lowest BCUT2D eigenvalue weighted by molar-refractivity contribution is -0.114. The summed E-state index contributed by atoms with van der Waals surface area (Å²) in [6.45, 7) is 0.847. The number of benzene rings is 3. The van der Waals surface area contributed by atoms with Gasteiger partial charge in [0.05, 0.1) is 24.7 Å². The summed E-state index contributed by atoms with van der Waals surface area (Å²) < 4.78 is 37.0. The Morgan fingerprint density at radius 3 is 2.32 bits per heavy atom. The summed E-state index contributed by atoms with van der Waals surface area (Å²) in [5, 5.41) is 3.00. The summed E-state index contributed by atoms with van der Waals surface area (Å²) in [4.78, 5) is 24.6. The van der Waals surface area contributed by atoms with E-state index in [1.54, 1.807) is 48.5 Å². The molecule has 8 nitrogen and oxygen atoms in total. The van der Waals surface area contributed by atoms with Crippen LogP contribution in [0.25, 0.3) is 0 Å². The summed E-state index contributed by atoms with van der Waals surface area (Å²) >= 11 is 6.11. The topological polar surface area (TPSA) is 102 Å². The molecule has 1 amide bonds. The zero-order valence-electron chi connectivity index (χ0n) is 18.7. The fourth-order valence-electron chi connectivity index (χ4n) is 3.11. The second-order valence-corrected chi connectivity index (χ2v) is 9.66. The first-order chi connectivity index (χ1) is 16.1. The molecule has 178 valence electrons. The molecule has 0 aliphatic carbocycles. The third-order valence-corrected chi connectivity index (χ3v) is 6.11. The van der Waals surface area contributed by atoms with Crippen LogP contribution in [0.15, 0.2) is 66.7 Å². The maximum atomic E-state index is 12.9. The lowest BCUT2D eigenvalue weighted by atomic mass is 10.1. The molecule has 3 aromatic rings. The molecule has 0 radical (unpaired) electrons. The first-order valence-corrected chi connectivity index (χ1v) is 12.3. The second-order valence-electron chi connectivity index (χ2n) is 7.32. The Morgan fingerprint density at radius 1 is 0.971 bits per heavy atom. The Morgan fingerprint density at radius 2 is 1.68 bits per heavy atom. The average molecular weight is 503 g/mol. The van der Waals surface area contributed by atoms with Crippen molar-refractivity contribution in [1.29, 1.82) is 0 Å². The molecular formula is C24H23ClN2O6S. The highest BCUT2D eigenvalue weighted by Gasteiger charge is 2.22. The van der Waals surface area contributed by atoms with Crippen molar-refractivity contribution in [2.24, 2.45) is 0 Å². The van der Waals surface area contributed by atoms with Gasteiger partial charge in [-0.25, -0.2) is 8.42 Å². The van der Waals surface area contributed by atoms with Crippen molar-refractivity contribution in [3.05, 3.63) is 77.3 Å². The van der Waals surface area contributed by atoms with Crippen LogP contribution in [-0.2, 0) is 14.8 Å². The van der Waals surface area contributed by atoms with E-state index in [2.05, 4.69) is 5.32 Å². The molecule has 0 saturated carbocycles. The Bertz CT molecular complexity index is 1330. The molecule has 0 spiro atoms. The van der Waals surface area contributed by atoms with Crippen LogP contribution in [0.1, 0.15) is 17.3 Å². The molecule has 10 heteroatoms. The van der Waals surface area contributed by atoms with Gasteiger partial charge in [-0.05, 0) is 49.4 Å². The van der Waals surface area contributed by atoms with Gasteiger partial charge in [0.25, 0.3) is 0 Å². The molecule has 0 aliphatic rings. The number of rotatable bonds is 9. The number of nitrogens with zero attached hydrogens (tertiary/aromatic N) is 1. The largest absolute Gasteiger partial charge is 0.493 e. The van der Waals surface area contributed by atoms with E-state index in [0.717, 1.165) is 10.6 Å². The molecule has 0 aliphatic heterocycles. The highest BCUT2D eigenvalue weighted by molar-refractivity contribution is 7.92. The molecule has 0 heterocycles. The number of carbonyl (C=O) groups is 2. The quantitative estimate of drug-likeness (QED) is 0.424. The molecule has 0 atom stereocenters. The first-order valence-electron chi connectivity index (χ1n) is 10.1. The molecule has 3 aromatic carbocycles. The van der Waals surface area contributed by atoms with E-state index in [4.69, 9.17) is 21.1 Å². The number of ether oxygens (including phenoxy) is 2. The Labute approximate surface area is 203 Å². The number of hydrogen-bond donors (Lipinski definition) is 1. The van der Waals surface area contributed by atoms with Crippen molar-refractivity contribution in [2.45, 2.75) is 6.92 Å². The molecule has 3 rings (SSSR count). The predicted octanol–water partition coefficient (Wildman–Crippen LogP) is 4.75. The first kappa shape index (κ1) is 25.1. The minimum Gasteiger partial charge on any atom is -0.493 e. The lowest BCUT2D eigenvalue weighted by Crippen LogP contribution is -2.37. The van der Waals surface area contributed by atoms with Crippen LogP contribution < -0.4 is 19.1 Å². The zero-order valence-corrected chi connectivity index (χ0v) is 20.3. The Kier molecular flexibility index (Phi) is 7.80. The SMILES string of the molecule is COc1ccccc1Oc1ccc(Cl)cc1NC(=O)CN(c1cccc(C(C)=O)c1)S(C)(=O)=O. The van der Waals surface area contributed by atoms with Crippen LogP contribution in [0.2, 0.25) is 5.02 Å². The van der Waals surface area contributed by atoms with Gasteiger partial charge < -0.3 is 14.8 Å². The highest BCUT2D eigenvalue weighted by Crippen LogP contribution is 2.36. The van der Waals surface area contributed by atoms with Crippen molar-refractivity contribution < 1.29 is 27.5 Å². The standard InChI is InChI=1S/C24H23ClN2O6S/c1-16(28)17-7-6-8-19(13-17)27(34(3,30)31)15-24(29)26-20-14-18(25)11-12-21(20)33-23-10-5-4-9-22(23)32-2/h4-14H,15H2,1-3H3,(H,26,29). The van der Waals surface area contributed by atoms with Crippen LogP contribution in [0.5, 0.6) is 17.2 Å². The minimum absolute atomic E-state index is 0.196. The van der Waals surface area contributed by atoms with Gasteiger partial charge in [-0.2, -0.15) is 0 Å². The summed E-state index contributed by atoms with van der Waals surface area (Å²) in [6, 6.07) is 17.7. The van der Waals surface area contributed by atoms with Crippen molar-refractivity contribution in [3.63, 3.8) is 0 Å². The second kappa shape index (κ2) is 10.6. The van der Waals surface area contributed by atoms with E-state index in [-0.39, 0.29) is 22.9 Å². The molecule has 1 N–H and O–H groups in total. The Hall–Kier alpha value is -3.56. The molecule has 0 fully saturated rings. The maximum Gasteiger partial charge on any atom is 0.245 e. The molecule has 0 bridgehead atoms.